The zero-order chi connectivity index (χ0) is 19.9. The quantitative estimate of drug-likeness (QED) is 0.470. The normalized spacial score (nSPS) is 10.5. The van der Waals surface area contributed by atoms with Crippen LogP contribution < -0.4 is 10.2 Å². The molecular formula is C24H23N5. The summed E-state index contributed by atoms with van der Waals surface area (Å²) in [7, 11) is 0. The summed E-state index contributed by atoms with van der Waals surface area (Å²) < 4.78 is 0. The first-order chi connectivity index (χ1) is 14.3. The summed E-state index contributed by atoms with van der Waals surface area (Å²) in [5.41, 5.74) is 4.13. The molecule has 0 aliphatic rings. The van der Waals surface area contributed by atoms with Crippen LogP contribution in [0.15, 0.2) is 91.3 Å². The van der Waals surface area contributed by atoms with Crippen LogP contribution in [-0.2, 0) is 6.54 Å². The van der Waals surface area contributed by atoms with Gasteiger partial charge in [0.15, 0.2) is 0 Å². The lowest BCUT2D eigenvalue weighted by Crippen LogP contribution is -2.18. The molecule has 0 spiro atoms. The molecule has 2 aromatic carbocycles. The number of nitrogens with zero attached hydrogens (tertiary/aromatic N) is 4. The summed E-state index contributed by atoms with van der Waals surface area (Å²) in [6.45, 7) is 3.54. The average Bonchev–Trinajstić information content (AvgIpc) is 2.80. The number of hydrogen-bond acceptors (Lipinski definition) is 5. The molecule has 0 bridgehead atoms. The minimum Gasteiger partial charge on any atom is -0.350 e. The molecule has 0 saturated carbocycles. The average molecular weight is 381 g/mol. The summed E-state index contributed by atoms with van der Waals surface area (Å²) in [5.74, 6) is 1.46. The molecule has 144 valence electrons. The topological polar surface area (TPSA) is 53.9 Å². The predicted octanol–water partition coefficient (Wildman–Crippen LogP) is 5.31. The zero-order valence-electron chi connectivity index (χ0n) is 16.4. The highest BCUT2D eigenvalue weighted by Gasteiger charge is 2.13. The Morgan fingerprint density at radius 3 is 2.31 bits per heavy atom. The van der Waals surface area contributed by atoms with Crippen molar-refractivity contribution in [2.75, 3.05) is 16.8 Å². The van der Waals surface area contributed by atoms with Gasteiger partial charge >= 0.3 is 0 Å². The van der Waals surface area contributed by atoms with Gasteiger partial charge in [0.05, 0.1) is 5.69 Å². The van der Waals surface area contributed by atoms with Crippen molar-refractivity contribution in [1.82, 2.24) is 15.0 Å². The molecule has 0 unspecified atom stereocenters. The Morgan fingerprint density at radius 2 is 1.62 bits per heavy atom. The Labute approximate surface area is 171 Å². The third-order valence-corrected chi connectivity index (χ3v) is 4.62. The Balaban J connectivity index is 1.71. The molecule has 2 aromatic heterocycles. The molecule has 0 amide bonds. The number of aromatic nitrogens is 3. The third kappa shape index (κ3) is 4.58. The van der Waals surface area contributed by atoms with E-state index in [9.17, 15) is 0 Å². The second-order valence-corrected chi connectivity index (χ2v) is 6.60. The van der Waals surface area contributed by atoms with E-state index in [4.69, 9.17) is 9.97 Å². The summed E-state index contributed by atoms with van der Waals surface area (Å²) in [6, 6.07) is 26.5. The third-order valence-electron chi connectivity index (χ3n) is 4.62. The van der Waals surface area contributed by atoms with Gasteiger partial charge in [0.25, 0.3) is 0 Å². The molecule has 4 aromatic rings. The van der Waals surface area contributed by atoms with Crippen molar-refractivity contribution in [1.29, 1.82) is 0 Å². The first-order valence-electron chi connectivity index (χ1n) is 9.73. The summed E-state index contributed by atoms with van der Waals surface area (Å²) in [6.07, 6.45) is 3.62. The van der Waals surface area contributed by atoms with E-state index in [2.05, 4.69) is 46.4 Å². The van der Waals surface area contributed by atoms with E-state index in [-0.39, 0.29) is 0 Å². The van der Waals surface area contributed by atoms with Gasteiger partial charge in [0, 0.05) is 42.8 Å². The van der Waals surface area contributed by atoms with Crippen LogP contribution in [0.25, 0.3) is 11.3 Å². The van der Waals surface area contributed by atoms with Gasteiger partial charge in [-0.25, -0.2) is 4.98 Å². The van der Waals surface area contributed by atoms with Crippen LogP contribution in [0.5, 0.6) is 0 Å². The van der Waals surface area contributed by atoms with Crippen molar-refractivity contribution in [3.63, 3.8) is 0 Å². The highest BCUT2D eigenvalue weighted by Crippen LogP contribution is 2.28. The predicted molar refractivity (Wildman–Crippen MR) is 118 cm³/mol. The van der Waals surface area contributed by atoms with Gasteiger partial charge in [-0.05, 0) is 30.7 Å². The number of benzene rings is 2. The number of hydrogen-bond donors (Lipinski definition) is 1. The van der Waals surface area contributed by atoms with E-state index in [1.807, 2.05) is 60.8 Å². The van der Waals surface area contributed by atoms with Crippen LogP contribution in [0, 0.1) is 0 Å². The maximum Gasteiger partial charge on any atom is 0.225 e. The van der Waals surface area contributed by atoms with Gasteiger partial charge in [-0.3, -0.25) is 4.98 Å². The van der Waals surface area contributed by atoms with Crippen LogP contribution in [0.2, 0.25) is 0 Å². The van der Waals surface area contributed by atoms with Crippen LogP contribution in [-0.4, -0.2) is 21.5 Å². The molecule has 0 radical (unpaired) electrons. The molecule has 0 aliphatic carbocycles. The number of anilines is 3. The molecule has 1 N–H and O–H groups in total. The monoisotopic (exact) mass is 381 g/mol. The molecule has 5 heteroatoms. The second-order valence-electron chi connectivity index (χ2n) is 6.60. The molecule has 2 heterocycles. The zero-order valence-corrected chi connectivity index (χ0v) is 16.4. The number of para-hydroxylation sites is 1. The van der Waals surface area contributed by atoms with Crippen molar-refractivity contribution in [2.45, 2.75) is 13.5 Å². The lowest BCUT2D eigenvalue weighted by molar-refractivity contribution is 0.966. The van der Waals surface area contributed by atoms with Gasteiger partial charge in [-0.1, -0.05) is 54.6 Å². The van der Waals surface area contributed by atoms with Crippen LogP contribution >= 0.6 is 0 Å². The van der Waals surface area contributed by atoms with Crippen LogP contribution in [0.1, 0.15) is 12.5 Å². The van der Waals surface area contributed by atoms with Crippen molar-refractivity contribution < 1.29 is 0 Å². The molecule has 0 fully saturated rings. The molecule has 0 aliphatic heterocycles. The highest BCUT2D eigenvalue weighted by molar-refractivity contribution is 5.68. The summed E-state index contributed by atoms with van der Waals surface area (Å²) >= 11 is 0. The summed E-state index contributed by atoms with van der Waals surface area (Å²) in [5, 5.41) is 3.35. The highest BCUT2D eigenvalue weighted by atomic mass is 15.2. The first kappa shape index (κ1) is 18.6. The SMILES string of the molecule is CCN(c1ccccc1)c1cc(-c2ccccc2)nc(NCc2cccnc2)n1. The Kier molecular flexibility index (Phi) is 5.76. The van der Waals surface area contributed by atoms with Crippen molar-refractivity contribution in [3.05, 3.63) is 96.8 Å². The maximum atomic E-state index is 4.80. The molecule has 29 heavy (non-hydrogen) atoms. The Hall–Kier alpha value is -3.73. The maximum absolute atomic E-state index is 4.80. The van der Waals surface area contributed by atoms with Crippen molar-refractivity contribution in [3.8, 4) is 11.3 Å². The van der Waals surface area contributed by atoms with Crippen molar-refractivity contribution >= 4 is 17.5 Å². The number of rotatable bonds is 7. The summed E-state index contributed by atoms with van der Waals surface area (Å²) in [4.78, 5) is 15.9. The van der Waals surface area contributed by atoms with E-state index in [1.165, 1.54) is 0 Å². The first-order valence-corrected chi connectivity index (χ1v) is 9.73. The van der Waals surface area contributed by atoms with Gasteiger partial charge in [-0.2, -0.15) is 4.98 Å². The second kappa shape index (κ2) is 8.97. The fourth-order valence-electron chi connectivity index (χ4n) is 3.18. The van der Waals surface area contributed by atoms with Crippen LogP contribution in [0.3, 0.4) is 0 Å². The largest absolute Gasteiger partial charge is 0.350 e. The standard InChI is InChI=1S/C24H23N5/c1-2-29(21-13-7-4-8-14-21)23-16-22(20-11-5-3-6-12-20)27-24(28-23)26-18-19-10-9-15-25-17-19/h3-17H,2,18H2,1H3,(H,26,27,28). The minimum atomic E-state index is 0.597. The van der Waals surface area contributed by atoms with Gasteiger partial charge < -0.3 is 10.2 Å². The van der Waals surface area contributed by atoms with E-state index in [1.54, 1.807) is 6.20 Å². The number of nitrogens with one attached hydrogen (secondary N) is 1. The van der Waals surface area contributed by atoms with Crippen LogP contribution in [0.4, 0.5) is 17.5 Å². The van der Waals surface area contributed by atoms with Gasteiger partial charge in [0.2, 0.25) is 5.95 Å². The molecule has 4 rings (SSSR count). The molecule has 5 nitrogen and oxygen atoms in total. The smallest absolute Gasteiger partial charge is 0.225 e. The molecule has 0 saturated heterocycles. The fraction of sp³-hybridized carbons (Fsp3) is 0.125. The fourth-order valence-corrected chi connectivity index (χ4v) is 3.18. The van der Waals surface area contributed by atoms with E-state index >= 15 is 0 Å². The Bertz CT molecular complexity index is 1040. The minimum absolute atomic E-state index is 0.597. The lowest BCUT2D eigenvalue weighted by atomic mass is 10.1. The van der Waals surface area contributed by atoms with Gasteiger partial charge in [-0.15, -0.1) is 0 Å². The molecular weight excluding hydrogens is 358 g/mol. The lowest BCUT2D eigenvalue weighted by Gasteiger charge is -2.23. The van der Waals surface area contributed by atoms with E-state index < -0.39 is 0 Å². The van der Waals surface area contributed by atoms with E-state index in [0.29, 0.717) is 12.5 Å². The molecule has 0 atom stereocenters. The number of pyridine rings is 1. The van der Waals surface area contributed by atoms with Crippen molar-refractivity contribution in [2.24, 2.45) is 0 Å². The van der Waals surface area contributed by atoms with Gasteiger partial charge in [0.1, 0.15) is 5.82 Å². The van der Waals surface area contributed by atoms with E-state index in [0.717, 1.165) is 34.9 Å². The Morgan fingerprint density at radius 1 is 0.862 bits per heavy atom.